The summed E-state index contributed by atoms with van der Waals surface area (Å²) in [7, 11) is 0. The number of anilines is 1. The van der Waals surface area contributed by atoms with E-state index in [-0.39, 0.29) is 18.8 Å². The Balaban J connectivity index is 1.85. The predicted octanol–water partition coefficient (Wildman–Crippen LogP) is 0.982. The van der Waals surface area contributed by atoms with Crippen LogP contribution in [0.2, 0.25) is 0 Å². The maximum atomic E-state index is 12.0. The van der Waals surface area contributed by atoms with E-state index >= 15 is 0 Å². The molecule has 21 heavy (non-hydrogen) atoms. The van der Waals surface area contributed by atoms with Crippen LogP contribution in [0.4, 0.5) is 5.69 Å². The Bertz CT molecular complexity index is 768. The van der Waals surface area contributed by atoms with Crippen LogP contribution in [-0.2, 0) is 9.59 Å². The number of aliphatic hydroxyl groups excluding tert-OH is 1. The standard InChI is InChI=1S/C13H11BrN4O3/c14-12-8-5-7(1-2-9(8)16-17-12)15-10-6-11(20)18(3-4-19)13(10)21/h1-2,5-6,15,19H,3-4H2,(H,16,17). The molecule has 2 aromatic rings. The van der Waals surface area contributed by atoms with E-state index in [0.29, 0.717) is 5.69 Å². The molecule has 108 valence electrons. The molecule has 0 radical (unpaired) electrons. The Hall–Kier alpha value is -2.19. The lowest BCUT2D eigenvalue weighted by Gasteiger charge is -2.13. The molecule has 0 bridgehead atoms. The van der Waals surface area contributed by atoms with Gasteiger partial charge in [0, 0.05) is 17.1 Å². The predicted molar refractivity (Wildman–Crippen MR) is 79.3 cm³/mol. The van der Waals surface area contributed by atoms with Crippen molar-refractivity contribution in [2.24, 2.45) is 0 Å². The van der Waals surface area contributed by atoms with Gasteiger partial charge in [-0.2, -0.15) is 5.10 Å². The molecule has 2 heterocycles. The molecular formula is C13H11BrN4O3. The number of β-amino-alcohol motifs (C(OH)–C–C–N with tert-alkyl or cyclic N) is 1. The Labute approximate surface area is 127 Å². The number of hydrogen-bond donors (Lipinski definition) is 3. The number of carbonyl (C=O) groups is 2. The second kappa shape index (κ2) is 5.30. The van der Waals surface area contributed by atoms with Crippen molar-refractivity contribution in [1.29, 1.82) is 0 Å². The fraction of sp³-hybridized carbons (Fsp3) is 0.154. The highest BCUT2D eigenvalue weighted by Gasteiger charge is 2.30. The number of amides is 2. The normalized spacial score (nSPS) is 15.0. The van der Waals surface area contributed by atoms with Crippen LogP contribution in [0.25, 0.3) is 10.9 Å². The minimum Gasteiger partial charge on any atom is -0.395 e. The number of halogens is 1. The molecule has 0 aliphatic carbocycles. The van der Waals surface area contributed by atoms with Gasteiger partial charge in [-0.3, -0.25) is 19.6 Å². The summed E-state index contributed by atoms with van der Waals surface area (Å²) in [6.45, 7) is -0.266. The third-order valence-electron chi connectivity index (χ3n) is 3.12. The van der Waals surface area contributed by atoms with Gasteiger partial charge in [-0.1, -0.05) is 0 Å². The monoisotopic (exact) mass is 350 g/mol. The summed E-state index contributed by atoms with van der Waals surface area (Å²) < 4.78 is 0.742. The summed E-state index contributed by atoms with van der Waals surface area (Å²) in [5.74, 6) is -0.873. The maximum Gasteiger partial charge on any atom is 0.277 e. The molecule has 0 saturated heterocycles. The van der Waals surface area contributed by atoms with E-state index in [2.05, 4.69) is 31.4 Å². The van der Waals surface area contributed by atoms with Crippen molar-refractivity contribution in [2.45, 2.75) is 0 Å². The van der Waals surface area contributed by atoms with Crippen LogP contribution in [0, 0.1) is 0 Å². The van der Waals surface area contributed by atoms with Crippen LogP contribution in [0.5, 0.6) is 0 Å². The molecule has 0 saturated carbocycles. The van der Waals surface area contributed by atoms with E-state index in [4.69, 9.17) is 5.11 Å². The lowest BCUT2D eigenvalue weighted by atomic mass is 10.2. The highest BCUT2D eigenvalue weighted by atomic mass is 79.9. The number of rotatable bonds is 4. The molecule has 1 aliphatic heterocycles. The number of aromatic nitrogens is 2. The van der Waals surface area contributed by atoms with Gasteiger partial charge in [0.2, 0.25) is 0 Å². The topological polar surface area (TPSA) is 98.3 Å². The summed E-state index contributed by atoms with van der Waals surface area (Å²) in [6.07, 6.45) is 1.23. The second-order valence-corrected chi connectivity index (χ2v) is 5.26. The van der Waals surface area contributed by atoms with E-state index in [1.54, 1.807) is 12.1 Å². The summed E-state index contributed by atoms with van der Waals surface area (Å²) >= 11 is 3.35. The molecule has 1 aromatic heterocycles. The minimum absolute atomic E-state index is 0.00827. The summed E-state index contributed by atoms with van der Waals surface area (Å²) in [4.78, 5) is 24.7. The smallest absolute Gasteiger partial charge is 0.277 e. The Morgan fingerprint density at radius 1 is 1.38 bits per heavy atom. The minimum atomic E-state index is -0.444. The summed E-state index contributed by atoms with van der Waals surface area (Å²) in [5, 5.41) is 19.5. The van der Waals surface area contributed by atoms with Crippen LogP contribution in [0.3, 0.4) is 0 Å². The van der Waals surface area contributed by atoms with E-state index in [1.807, 2.05) is 6.07 Å². The average Bonchev–Trinajstić information content (AvgIpc) is 2.95. The molecule has 8 heteroatoms. The van der Waals surface area contributed by atoms with Crippen molar-refractivity contribution in [1.82, 2.24) is 15.1 Å². The van der Waals surface area contributed by atoms with Crippen LogP contribution < -0.4 is 5.32 Å². The average molecular weight is 351 g/mol. The zero-order chi connectivity index (χ0) is 15.0. The third-order valence-corrected chi connectivity index (χ3v) is 3.72. The van der Waals surface area contributed by atoms with Gasteiger partial charge in [0.15, 0.2) is 0 Å². The summed E-state index contributed by atoms with van der Waals surface area (Å²) in [6, 6.07) is 5.38. The lowest BCUT2D eigenvalue weighted by Crippen LogP contribution is -2.34. The molecule has 3 rings (SSSR count). The first kappa shape index (κ1) is 13.8. The molecule has 0 fully saturated rings. The molecule has 0 atom stereocenters. The fourth-order valence-corrected chi connectivity index (χ4v) is 2.53. The molecule has 3 N–H and O–H groups in total. The zero-order valence-corrected chi connectivity index (χ0v) is 12.3. The highest BCUT2D eigenvalue weighted by molar-refractivity contribution is 9.10. The van der Waals surface area contributed by atoms with E-state index in [1.165, 1.54) is 6.08 Å². The maximum absolute atomic E-state index is 12.0. The fourth-order valence-electron chi connectivity index (χ4n) is 2.12. The molecule has 2 amide bonds. The quantitative estimate of drug-likeness (QED) is 0.714. The SMILES string of the molecule is O=C1C=C(Nc2ccc3n[nH]c(Br)c3c2)C(=O)N1CCO. The van der Waals surface area contributed by atoms with Gasteiger partial charge in [0.1, 0.15) is 10.3 Å². The number of benzene rings is 1. The molecule has 1 aromatic carbocycles. The van der Waals surface area contributed by atoms with Gasteiger partial charge in [0.25, 0.3) is 11.8 Å². The van der Waals surface area contributed by atoms with Gasteiger partial charge >= 0.3 is 0 Å². The first-order chi connectivity index (χ1) is 10.1. The van der Waals surface area contributed by atoms with Crippen molar-refractivity contribution in [3.8, 4) is 0 Å². The number of fused-ring (bicyclic) bond motifs is 1. The largest absolute Gasteiger partial charge is 0.395 e. The Morgan fingerprint density at radius 3 is 2.95 bits per heavy atom. The molecule has 7 nitrogen and oxygen atoms in total. The number of imide groups is 1. The van der Waals surface area contributed by atoms with Crippen molar-refractivity contribution in [3.05, 3.63) is 34.6 Å². The number of H-pyrrole nitrogens is 1. The van der Waals surface area contributed by atoms with Crippen LogP contribution >= 0.6 is 15.9 Å². The second-order valence-electron chi connectivity index (χ2n) is 4.47. The van der Waals surface area contributed by atoms with Crippen LogP contribution in [0.1, 0.15) is 0 Å². The Morgan fingerprint density at radius 2 is 2.19 bits per heavy atom. The van der Waals surface area contributed by atoms with Gasteiger partial charge in [-0.15, -0.1) is 0 Å². The van der Waals surface area contributed by atoms with Crippen molar-refractivity contribution in [3.63, 3.8) is 0 Å². The zero-order valence-electron chi connectivity index (χ0n) is 10.8. The van der Waals surface area contributed by atoms with Crippen LogP contribution in [-0.4, -0.2) is 45.2 Å². The van der Waals surface area contributed by atoms with E-state index in [9.17, 15) is 9.59 Å². The van der Waals surface area contributed by atoms with Gasteiger partial charge in [0.05, 0.1) is 18.7 Å². The number of aliphatic hydroxyl groups is 1. The van der Waals surface area contributed by atoms with Crippen LogP contribution in [0.15, 0.2) is 34.6 Å². The third kappa shape index (κ3) is 2.43. The number of hydrogen-bond acceptors (Lipinski definition) is 5. The molecular weight excluding hydrogens is 340 g/mol. The number of aromatic amines is 1. The van der Waals surface area contributed by atoms with Gasteiger partial charge < -0.3 is 10.4 Å². The van der Waals surface area contributed by atoms with Crippen molar-refractivity contribution < 1.29 is 14.7 Å². The number of nitrogens with zero attached hydrogens (tertiary/aromatic N) is 2. The molecule has 0 spiro atoms. The van der Waals surface area contributed by atoms with Gasteiger partial charge in [-0.25, -0.2) is 0 Å². The number of carbonyl (C=O) groups excluding carboxylic acids is 2. The van der Waals surface area contributed by atoms with E-state index in [0.717, 1.165) is 20.4 Å². The first-order valence-electron chi connectivity index (χ1n) is 6.19. The Kier molecular flexibility index (Phi) is 3.48. The molecule has 0 unspecified atom stereocenters. The first-order valence-corrected chi connectivity index (χ1v) is 6.98. The summed E-state index contributed by atoms with van der Waals surface area (Å²) in [5.41, 5.74) is 1.65. The highest BCUT2D eigenvalue weighted by Crippen LogP contribution is 2.25. The lowest BCUT2D eigenvalue weighted by molar-refractivity contribution is -0.137. The van der Waals surface area contributed by atoms with E-state index < -0.39 is 11.8 Å². The van der Waals surface area contributed by atoms with Crippen molar-refractivity contribution in [2.75, 3.05) is 18.5 Å². The molecule has 1 aliphatic rings. The number of nitrogens with one attached hydrogen (secondary N) is 2. The van der Waals surface area contributed by atoms with Gasteiger partial charge in [-0.05, 0) is 34.1 Å². The van der Waals surface area contributed by atoms with Crippen molar-refractivity contribution >= 4 is 44.3 Å².